The first-order valence-corrected chi connectivity index (χ1v) is 6.34. The first-order valence-electron chi connectivity index (χ1n) is 6.34. The van der Waals surface area contributed by atoms with Gasteiger partial charge in [-0.05, 0) is 30.2 Å². The quantitative estimate of drug-likeness (QED) is 0.753. The van der Waals surface area contributed by atoms with E-state index in [0.29, 0.717) is 0 Å². The average Bonchev–Trinajstić information content (AvgIpc) is 2.82. The van der Waals surface area contributed by atoms with Gasteiger partial charge in [-0.25, -0.2) is 9.97 Å². The first-order chi connectivity index (χ1) is 9.26. The fourth-order valence-corrected chi connectivity index (χ4v) is 2.15. The third-order valence-electron chi connectivity index (χ3n) is 3.27. The summed E-state index contributed by atoms with van der Waals surface area (Å²) in [4.78, 5) is 12.3. The van der Waals surface area contributed by atoms with Crippen LogP contribution in [0.15, 0.2) is 36.4 Å². The number of nitrogens with one attached hydrogen (secondary N) is 2. The number of fused-ring (bicyclic) bond motifs is 1. The maximum absolute atomic E-state index is 4.55. The minimum absolute atomic E-state index is 0.760. The van der Waals surface area contributed by atoms with Crippen molar-refractivity contribution in [3.05, 3.63) is 53.3 Å². The number of aromatic nitrogens is 3. The first kappa shape index (κ1) is 11.7. The molecule has 0 aliphatic heterocycles. The highest BCUT2D eigenvalue weighted by Gasteiger charge is 2.06. The summed E-state index contributed by atoms with van der Waals surface area (Å²) in [7, 11) is 1.86. The van der Waals surface area contributed by atoms with Crippen LogP contribution >= 0.6 is 0 Å². The van der Waals surface area contributed by atoms with Gasteiger partial charge in [-0.2, -0.15) is 0 Å². The summed E-state index contributed by atoms with van der Waals surface area (Å²) in [5.41, 5.74) is 4.31. The molecule has 0 amide bonds. The van der Waals surface area contributed by atoms with Crippen LogP contribution in [0, 0.1) is 6.92 Å². The standard InChI is InChI=1S/C15H16N4/c1-10-5-3-4-6-11(10)9-14-17-12-7-8-13(16-2)18-15(12)19-14/h3-8H,9H2,1-2H3,(H2,16,17,18,19). The molecule has 0 saturated heterocycles. The second-order valence-electron chi connectivity index (χ2n) is 4.60. The third kappa shape index (κ3) is 2.29. The third-order valence-corrected chi connectivity index (χ3v) is 3.27. The molecule has 0 spiro atoms. The number of anilines is 1. The Balaban J connectivity index is 1.95. The van der Waals surface area contributed by atoms with Gasteiger partial charge in [0.2, 0.25) is 0 Å². The maximum Gasteiger partial charge on any atom is 0.179 e. The summed E-state index contributed by atoms with van der Waals surface area (Å²) >= 11 is 0. The molecule has 0 aliphatic carbocycles. The zero-order valence-corrected chi connectivity index (χ0v) is 11.1. The Morgan fingerprint density at radius 3 is 2.74 bits per heavy atom. The van der Waals surface area contributed by atoms with Crippen LogP contribution in [0.5, 0.6) is 0 Å². The number of pyridine rings is 1. The fourth-order valence-electron chi connectivity index (χ4n) is 2.15. The van der Waals surface area contributed by atoms with E-state index in [-0.39, 0.29) is 0 Å². The predicted molar refractivity (Wildman–Crippen MR) is 77.4 cm³/mol. The molecule has 2 aromatic heterocycles. The van der Waals surface area contributed by atoms with Crippen LogP contribution in [0.2, 0.25) is 0 Å². The molecule has 0 radical (unpaired) electrons. The lowest BCUT2D eigenvalue weighted by molar-refractivity contribution is 1.02. The summed E-state index contributed by atoms with van der Waals surface area (Å²) in [6.07, 6.45) is 0.803. The molecule has 96 valence electrons. The molecule has 2 heterocycles. The van der Waals surface area contributed by atoms with Crippen molar-refractivity contribution >= 4 is 17.0 Å². The Hall–Kier alpha value is -2.36. The van der Waals surface area contributed by atoms with Crippen LogP contribution in [-0.2, 0) is 6.42 Å². The minimum Gasteiger partial charge on any atom is -0.373 e. The molecule has 19 heavy (non-hydrogen) atoms. The normalized spacial score (nSPS) is 10.8. The highest BCUT2D eigenvalue weighted by Crippen LogP contribution is 2.16. The van der Waals surface area contributed by atoms with Crippen LogP contribution in [0.4, 0.5) is 5.82 Å². The van der Waals surface area contributed by atoms with Crippen molar-refractivity contribution in [2.24, 2.45) is 0 Å². The summed E-state index contributed by atoms with van der Waals surface area (Å²) in [5.74, 6) is 1.78. The van der Waals surface area contributed by atoms with Gasteiger partial charge in [-0.15, -0.1) is 0 Å². The number of H-pyrrole nitrogens is 1. The van der Waals surface area contributed by atoms with E-state index in [1.807, 2.05) is 19.2 Å². The lowest BCUT2D eigenvalue weighted by Crippen LogP contribution is -1.93. The van der Waals surface area contributed by atoms with Crippen molar-refractivity contribution in [2.75, 3.05) is 12.4 Å². The molecule has 1 aromatic carbocycles. The molecular weight excluding hydrogens is 236 g/mol. The number of hydrogen-bond donors (Lipinski definition) is 2. The molecule has 4 nitrogen and oxygen atoms in total. The molecule has 4 heteroatoms. The summed E-state index contributed by atoms with van der Waals surface area (Å²) in [6.45, 7) is 2.12. The minimum atomic E-state index is 0.760. The van der Waals surface area contributed by atoms with E-state index < -0.39 is 0 Å². The van der Waals surface area contributed by atoms with Gasteiger partial charge in [0.25, 0.3) is 0 Å². The maximum atomic E-state index is 4.55. The monoisotopic (exact) mass is 252 g/mol. The molecular formula is C15H16N4. The predicted octanol–water partition coefficient (Wildman–Crippen LogP) is 2.90. The van der Waals surface area contributed by atoms with Gasteiger partial charge >= 0.3 is 0 Å². The molecule has 3 rings (SSSR count). The van der Waals surface area contributed by atoms with Crippen LogP contribution in [-0.4, -0.2) is 22.0 Å². The average molecular weight is 252 g/mol. The van der Waals surface area contributed by atoms with Crippen molar-refractivity contribution < 1.29 is 0 Å². The summed E-state index contributed by atoms with van der Waals surface area (Å²) in [6, 6.07) is 12.3. The Morgan fingerprint density at radius 2 is 1.95 bits per heavy atom. The van der Waals surface area contributed by atoms with E-state index in [1.54, 1.807) is 0 Å². The van der Waals surface area contributed by atoms with Crippen molar-refractivity contribution in [3.8, 4) is 0 Å². The van der Waals surface area contributed by atoms with Gasteiger partial charge in [0.1, 0.15) is 11.6 Å². The number of aromatic amines is 1. The Bertz CT molecular complexity index is 715. The zero-order chi connectivity index (χ0) is 13.2. The number of nitrogens with zero attached hydrogens (tertiary/aromatic N) is 2. The Morgan fingerprint density at radius 1 is 1.11 bits per heavy atom. The lowest BCUT2D eigenvalue weighted by Gasteiger charge is -2.02. The highest BCUT2D eigenvalue weighted by molar-refractivity contribution is 5.72. The van der Waals surface area contributed by atoms with E-state index in [4.69, 9.17) is 0 Å². The smallest absolute Gasteiger partial charge is 0.179 e. The number of hydrogen-bond acceptors (Lipinski definition) is 3. The van der Waals surface area contributed by atoms with Gasteiger partial charge in [-0.1, -0.05) is 24.3 Å². The number of rotatable bonds is 3. The fraction of sp³-hybridized carbons (Fsp3) is 0.200. The van der Waals surface area contributed by atoms with E-state index in [2.05, 4.69) is 51.5 Å². The topological polar surface area (TPSA) is 53.6 Å². The van der Waals surface area contributed by atoms with Crippen molar-refractivity contribution in [1.82, 2.24) is 15.0 Å². The highest BCUT2D eigenvalue weighted by atomic mass is 15.0. The molecule has 0 bridgehead atoms. The van der Waals surface area contributed by atoms with E-state index in [1.165, 1.54) is 11.1 Å². The second kappa shape index (κ2) is 4.72. The van der Waals surface area contributed by atoms with Crippen molar-refractivity contribution in [2.45, 2.75) is 13.3 Å². The van der Waals surface area contributed by atoms with Gasteiger partial charge in [0.15, 0.2) is 5.65 Å². The Labute approximate surface area is 111 Å². The number of aryl methyl sites for hydroxylation is 1. The summed E-state index contributed by atoms with van der Waals surface area (Å²) < 4.78 is 0. The lowest BCUT2D eigenvalue weighted by atomic mass is 10.1. The SMILES string of the molecule is CNc1ccc2[nH]c(Cc3ccccc3C)nc2n1. The van der Waals surface area contributed by atoms with Crippen molar-refractivity contribution in [3.63, 3.8) is 0 Å². The number of benzene rings is 1. The van der Waals surface area contributed by atoms with Crippen LogP contribution < -0.4 is 5.32 Å². The van der Waals surface area contributed by atoms with Crippen LogP contribution in [0.1, 0.15) is 17.0 Å². The van der Waals surface area contributed by atoms with E-state index >= 15 is 0 Å². The zero-order valence-electron chi connectivity index (χ0n) is 11.1. The van der Waals surface area contributed by atoms with Gasteiger partial charge < -0.3 is 10.3 Å². The Kier molecular flexibility index (Phi) is 2.91. The van der Waals surface area contributed by atoms with Gasteiger partial charge in [0.05, 0.1) is 5.52 Å². The molecule has 0 unspecified atom stereocenters. The largest absolute Gasteiger partial charge is 0.373 e. The van der Waals surface area contributed by atoms with Crippen LogP contribution in [0.25, 0.3) is 11.2 Å². The molecule has 2 N–H and O–H groups in total. The van der Waals surface area contributed by atoms with Gasteiger partial charge in [-0.3, -0.25) is 0 Å². The molecule has 3 aromatic rings. The van der Waals surface area contributed by atoms with Gasteiger partial charge in [0, 0.05) is 13.5 Å². The van der Waals surface area contributed by atoms with Crippen LogP contribution in [0.3, 0.4) is 0 Å². The van der Waals surface area contributed by atoms with Crippen molar-refractivity contribution in [1.29, 1.82) is 0 Å². The van der Waals surface area contributed by atoms with E-state index in [9.17, 15) is 0 Å². The molecule has 0 aliphatic rings. The molecule has 0 saturated carbocycles. The summed E-state index contributed by atoms with van der Waals surface area (Å²) in [5, 5.41) is 3.02. The molecule has 0 fully saturated rings. The molecule has 0 atom stereocenters. The number of imidazole rings is 1. The van der Waals surface area contributed by atoms with E-state index in [0.717, 1.165) is 29.2 Å². The second-order valence-corrected chi connectivity index (χ2v) is 4.60.